The van der Waals surface area contributed by atoms with Crippen LogP contribution >= 0.6 is 0 Å². The van der Waals surface area contributed by atoms with Gasteiger partial charge in [-0.1, -0.05) is 87.8 Å². The summed E-state index contributed by atoms with van der Waals surface area (Å²) in [4.78, 5) is 0. The molecule has 2 bridgehead atoms. The first-order valence-corrected chi connectivity index (χ1v) is 24.8. The van der Waals surface area contributed by atoms with Crippen LogP contribution in [-0.2, 0) is 13.3 Å². The van der Waals surface area contributed by atoms with Crippen LogP contribution in [0, 0.1) is 22.2 Å². The second kappa shape index (κ2) is 10.4. The van der Waals surface area contributed by atoms with E-state index < -0.39 is 25.0 Å². The van der Waals surface area contributed by atoms with Crippen LogP contribution in [-0.4, -0.2) is 55.5 Å². The maximum absolute atomic E-state index is 9.99. The number of rotatable bonds is 9. The van der Waals surface area contributed by atoms with Gasteiger partial charge in [-0.2, -0.15) is 0 Å². The second-order valence-corrected chi connectivity index (χ2v) is 32.7. The molecule has 0 aromatic heterocycles. The third-order valence-electron chi connectivity index (χ3n) is 13.3. The molecule has 0 radical (unpaired) electrons. The van der Waals surface area contributed by atoms with Gasteiger partial charge in [0.25, 0.3) is 0 Å². The Morgan fingerprint density at radius 3 is 1.70 bits per heavy atom. The van der Waals surface area contributed by atoms with E-state index in [4.69, 9.17) is 13.3 Å². The summed E-state index contributed by atoms with van der Waals surface area (Å²) in [6.07, 6.45) is 9.22. The predicted octanol–water partition coefficient (Wildman–Crippen LogP) is 9.53. The summed E-state index contributed by atoms with van der Waals surface area (Å²) in [7, 11) is -6.06. The first-order valence-electron chi connectivity index (χ1n) is 16.1. The van der Waals surface area contributed by atoms with Crippen molar-refractivity contribution in [3.05, 3.63) is 12.2 Å². The highest BCUT2D eigenvalue weighted by molar-refractivity contribution is 6.75. The van der Waals surface area contributed by atoms with E-state index in [1.54, 1.807) is 0 Å². The van der Waals surface area contributed by atoms with Crippen LogP contribution in [0.3, 0.4) is 0 Å². The standard InChI is InChI=1S/C33H66O4Si3/c1-28(2,3)38(11,12)35-24-25-32(21-18-22-34)23-27(37-40(15,16)30(7,8)9)33(25)26(19-17-20-31(32,33)10)36-39(13,14)29(4,5)6/h18,21,25-27,34H,17,19-20,22-24H2,1-16H3/b21-18+/t25?,26-,27+,31+,32-,33+/m1/s1. The number of aliphatic hydroxyl groups excluding tert-OH is 1. The molecular formula is C33H66O4Si3. The molecule has 1 spiro atoms. The fraction of sp³-hybridized carbons (Fsp3) is 0.939. The van der Waals surface area contributed by atoms with Gasteiger partial charge in [0.15, 0.2) is 25.0 Å². The number of fused-ring (bicyclic) bond motifs is 1. The van der Waals surface area contributed by atoms with Crippen molar-refractivity contribution >= 4 is 25.0 Å². The van der Waals surface area contributed by atoms with Crippen LogP contribution in [0.5, 0.6) is 0 Å². The van der Waals surface area contributed by atoms with Crippen LogP contribution in [0.4, 0.5) is 0 Å². The lowest BCUT2D eigenvalue weighted by molar-refractivity contribution is -0.280. The molecule has 4 aliphatic rings. The number of hydrogen-bond acceptors (Lipinski definition) is 4. The highest BCUT2D eigenvalue weighted by atomic mass is 28.4. The average Bonchev–Trinajstić information content (AvgIpc) is 3.15. The molecule has 4 rings (SSSR count). The Bertz CT molecular complexity index is 954. The molecule has 7 heteroatoms. The fourth-order valence-corrected chi connectivity index (χ4v) is 11.6. The normalized spacial score (nSPS) is 35.7. The molecule has 234 valence electrons. The molecule has 4 aliphatic carbocycles. The second-order valence-electron chi connectivity index (χ2n) is 18.3. The lowest BCUT2D eigenvalue weighted by Gasteiger charge is -2.74. The summed E-state index contributed by atoms with van der Waals surface area (Å²) in [5, 5.41) is 10.4. The van der Waals surface area contributed by atoms with E-state index >= 15 is 0 Å². The van der Waals surface area contributed by atoms with Gasteiger partial charge in [-0.05, 0) is 79.1 Å². The molecule has 4 fully saturated rings. The van der Waals surface area contributed by atoms with Crippen LogP contribution in [0.25, 0.3) is 0 Å². The van der Waals surface area contributed by atoms with Crippen molar-refractivity contribution in [3.8, 4) is 0 Å². The summed E-state index contributed by atoms with van der Waals surface area (Å²) < 4.78 is 22.2. The van der Waals surface area contributed by atoms with Gasteiger partial charge in [0.1, 0.15) is 0 Å². The molecule has 0 aromatic carbocycles. The Balaban J connectivity index is 2.22. The lowest BCUT2D eigenvalue weighted by atomic mass is 9.32. The molecule has 4 nitrogen and oxygen atoms in total. The first kappa shape index (κ1) is 34.7. The minimum atomic E-state index is -2.06. The van der Waals surface area contributed by atoms with Crippen molar-refractivity contribution in [3.63, 3.8) is 0 Å². The van der Waals surface area contributed by atoms with Crippen LogP contribution in [0.1, 0.15) is 94.9 Å². The Morgan fingerprint density at radius 1 is 0.775 bits per heavy atom. The lowest BCUT2D eigenvalue weighted by Crippen LogP contribution is -2.75. The zero-order valence-electron chi connectivity index (χ0n) is 29.3. The molecule has 4 saturated carbocycles. The molecule has 6 atom stereocenters. The van der Waals surface area contributed by atoms with Crippen LogP contribution in [0.2, 0.25) is 54.4 Å². The van der Waals surface area contributed by atoms with E-state index in [2.05, 4.69) is 115 Å². The van der Waals surface area contributed by atoms with E-state index in [-0.39, 0.29) is 50.2 Å². The smallest absolute Gasteiger partial charge is 0.192 e. The summed E-state index contributed by atoms with van der Waals surface area (Å²) in [6.45, 7) is 39.0. The van der Waals surface area contributed by atoms with Gasteiger partial charge in [0.2, 0.25) is 0 Å². The maximum atomic E-state index is 9.99. The van der Waals surface area contributed by atoms with Crippen LogP contribution in [0.15, 0.2) is 12.2 Å². The van der Waals surface area contributed by atoms with Gasteiger partial charge in [-0.3, -0.25) is 0 Å². The Morgan fingerprint density at radius 2 is 1.25 bits per heavy atom. The van der Waals surface area contributed by atoms with Crippen molar-refractivity contribution in [2.24, 2.45) is 22.2 Å². The van der Waals surface area contributed by atoms with Gasteiger partial charge in [-0.25, -0.2) is 0 Å². The first-order chi connectivity index (χ1) is 17.8. The predicted molar refractivity (Wildman–Crippen MR) is 178 cm³/mol. The third-order valence-corrected chi connectivity index (χ3v) is 26.8. The molecule has 0 aliphatic heterocycles. The highest BCUT2D eigenvalue weighted by Gasteiger charge is 2.87. The molecule has 0 heterocycles. The average molecular weight is 611 g/mol. The fourth-order valence-electron chi connectivity index (χ4n) is 7.85. The number of aliphatic hydroxyl groups is 1. The van der Waals surface area contributed by atoms with Crippen molar-refractivity contribution in [1.82, 2.24) is 0 Å². The Hall–Kier alpha value is 0.231. The molecule has 0 amide bonds. The van der Waals surface area contributed by atoms with Gasteiger partial charge in [-0.15, -0.1) is 0 Å². The topological polar surface area (TPSA) is 47.9 Å². The van der Waals surface area contributed by atoms with E-state index in [9.17, 15) is 5.11 Å². The summed E-state index contributed by atoms with van der Waals surface area (Å²) in [5.41, 5.74) is -0.0650. The monoisotopic (exact) mass is 610 g/mol. The highest BCUT2D eigenvalue weighted by Crippen LogP contribution is 2.86. The molecule has 0 aromatic rings. The summed E-state index contributed by atoms with van der Waals surface area (Å²) >= 11 is 0. The van der Waals surface area contributed by atoms with E-state index in [0.717, 1.165) is 19.4 Å². The Kier molecular flexibility index (Phi) is 9.03. The SMILES string of the molecule is CC(C)(C)[Si](C)(C)OCC1[C@]23[C@@H](O[Si](C)(C)C(C)(C)C)C[C@@]1(/C=C/CO)[C@]2(C)CCC[C@H]3O[Si](C)(C)C(C)(C)C. The van der Waals surface area contributed by atoms with E-state index in [0.29, 0.717) is 5.92 Å². The minimum absolute atomic E-state index is 0.0411. The molecule has 40 heavy (non-hydrogen) atoms. The maximum Gasteiger partial charge on any atom is 0.192 e. The van der Waals surface area contributed by atoms with Crippen LogP contribution < -0.4 is 0 Å². The largest absolute Gasteiger partial charge is 0.416 e. The quantitative estimate of drug-likeness (QED) is 0.209. The van der Waals surface area contributed by atoms with Crippen molar-refractivity contribution in [1.29, 1.82) is 0 Å². The van der Waals surface area contributed by atoms with Crippen molar-refractivity contribution in [2.45, 2.75) is 162 Å². The molecule has 1 unspecified atom stereocenters. The number of allylic oxidation sites excluding steroid dienone is 1. The summed E-state index contributed by atoms with van der Waals surface area (Å²) in [6, 6.07) is 0. The van der Waals surface area contributed by atoms with E-state index in [1.165, 1.54) is 12.8 Å². The zero-order chi connectivity index (χ0) is 31.0. The Labute approximate surface area is 251 Å². The molecule has 1 N–H and O–H groups in total. The summed E-state index contributed by atoms with van der Waals surface area (Å²) in [5.74, 6) is 0.326. The van der Waals surface area contributed by atoms with Gasteiger partial charge >= 0.3 is 0 Å². The molecule has 0 saturated heterocycles. The zero-order valence-corrected chi connectivity index (χ0v) is 32.3. The minimum Gasteiger partial charge on any atom is -0.416 e. The van der Waals surface area contributed by atoms with E-state index in [1.807, 2.05) is 6.08 Å². The van der Waals surface area contributed by atoms with Gasteiger partial charge in [0, 0.05) is 23.4 Å². The van der Waals surface area contributed by atoms with Gasteiger partial charge in [0.05, 0.1) is 18.8 Å². The third kappa shape index (κ3) is 5.07. The van der Waals surface area contributed by atoms with Crippen molar-refractivity contribution in [2.75, 3.05) is 13.2 Å². The van der Waals surface area contributed by atoms with Crippen molar-refractivity contribution < 1.29 is 18.4 Å². The molecular weight excluding hydrogens is 545 g/mol. The number of hydrogen-bond donors (Lipinski definition) is 1. The van der Waals surface area contributed by atoms with Gasteiger partial charge < -0.3 is 18.4 Å².